The molecule has 0 fully saturated rings. The summed E-state index contributed by atoms with van der Waals surface area (Å²) in [4.78, 5) is 4.07. The number of rotatable bonds is 8. The van der Waals surface area contributed by atoms with E-state index in [0.29, 0.717) is 0 Å². The molecule has 0 N–H and O–H groups in total. The van der Waals surface area contributed by atoms with E-state index in [1.807, 2.05) is 12.4 Å². The fourth-order valence-electron chi connectivity index (χ4n) is 2.29. The van der Waals surface area contributed by atoms with Crippen LogP contribution < -0.4 is 0 Å². The van der Waals surface area contributed by atoms with E-state index in [-0.39, 0.29) is 0 Å². The van der Waals surface area contributed by atoms with E-state index in [1.165, 1.54) is 50.5 Å². The van der Waals surface area contributed by atoms with Crippen LogP contribution in [0.3, 0.4) is 0 Å². The van der Waals surface area contributed by atoms with Crippen molar-refractivity contribution in [2.24, 2.45) is 5.92 Å². The Kier molecular flexibility index (Phi) is 6.87. The minimum Gasteiger partial charge on any atom is -0.265 e. The average Bonchev–Trinajstić information content (AvgIpc) is 2.31. The van der Waals surface area contributed by atoms with E-state index in [4.69, 9.17) is 0 Å². The second-order valence-corrected chi connectivity index (χ2v) is 4.71. The molecule has 0 saturated carbocycles. The van der Waals surface area contributed by atoms with Crippen LogP contribution in [0.1, 0.15) is 57.9 Å². The van der Waals surface area contributed by atoms with Gasteiger partial charge in [0.05, 0.1) is 0 Å². The molecule has 0 saturated heterocycles. The Morgan fingerprint density at radius 3 is 2.38 bits per heavy atom. The predicted molar refractivity (Wildman–Crippen MR) is 70.5 cm³/mol. The topological polar surface area (TPSA) is 12.9 Å². The molecule has 0 aliphatic rings. The molecule has 1 heterocycles. The monoisotopic (exact) mass is 219 g/mol. The minimum atomic E-state index is 0.874. The van der Waals surface area contributed by atoms with E-state index < -0.39 is 0 Å². The molecule has 0 spiro atoms. The summed E-state index contributed by atoms with van der Waals surface area (Å²) in [6.45, 7) is 4.57. The smallest absolute Gasteiger partial charge is 0.0270 e. The Morgan fingerprint density at radius 1 is 1.00 bits per heavy atom. The van der Waals surface area contributed by atoms with E-state index in [2.05, 4.69) is 31.0 Å². The lowest BCUT2D eigenvalue weighted by atomic mass is 9.90. The number of unbranched alkanes of at least 4 members (excludes halogenated alkanes) is 2. The minimum absolute atomic E-state index is 0.874. The van der Waals surface area contributed by atoms with Gasteiger partial charge in [0.15, 0.2) is 0 Å². The third-order valence-electron chi connectivity index (χ3n) is 3.19. The maximum Gasteiger partial charge on any atom is 0.0270 e. The van der Waals surface area contributed by atoms with Crippen molar-refractivity contribution in [3.63, 3.8) is 0 Å². The van der Waals surface area contributed by atoms with Crippen LogP contribution in [-0.2, 0) is 6.42 Å². The van der Waals surface area contributed by atoms with E-state index in [1.54, 1.807) is 0 Å². The van der Waals surface area contributed by atoms with Crippen LogP contribution in [-0.4, -0.2) is 4.98 Å². The molecule has 0 bridgehead atoms. The fourth-order valence-corrected chi connectivity index (χ4v) is 2.29. The molecule has 1 atom stereocenters. The summed E-state index contributed by atoms with van der Waals surface area (Å²) in [6.07, 6.45) is 13.2. The first-order valence-electron chi connectivity index (χ1n) is 6.75. The fraction of sp³-hybridized carbons (Fsp3) is 0.667. The molecule has 0 aliphatic heterocycles. The van der Waals surface area contributed by atoms with Crippen LogP contribution >= 0.6 is 0 Å². The molecule has 0 amide bonds. The lowest BCUT2D eigenvalue weighted by Gasteiger charge is -2.15. The summed E-state index contributed by atoms with van der Waals surface area (Å²) >= 11 is 0. The van der Waals surface area contributed by atoms with Crippen molar-refractivity contribution in [2.75, 3.05) is 0 Å². The summed E-state index contributed by atoms with van der Waals surface area (Å²) in [6, 6.07) is 4.31. The van der Waals surface area contributed by atoms with Gasteiger partial charge >= 0.3 is 0 Å². The van der Waals surface area contributed by atoms with Gasteiger partial charge in [-0.05, 0) is 30.0 Å². The van der Waals surface area contributed by atoms with Gasteiger partial charge < -0.3 is 0 Å². The van der Waals surface area contributed by atoms with Crippen LogP contribution in [0.25, 0.3) is 0 Å². The van der Waals surface area contributed by atoms with Crippen LogP contribution in [0, 0.1) is 5.92 Å². The van der Waals surface area contributed by atoms with Crippen molar-refractivity contribution in [3.8, 4) is 0 Å². The van der Waals surface area contributed by atoms with Gasteiger partial charge in [-0.2, -0.15) is 0 Å². The molecular weight excluding hydrogens is 194 g/mol. The van der Waals surface area contributed by atoms with Gasteiger partial charge in [-0.1, -0.05) is 52.4 Å². The SMILES string of the molecule is CCCCCC(CCC)Cc1ccncc1. The molecule has 1 aromatic heterocycles. The lowest BCUT2D eigenvalue weighted by Crippen LogP contribution is -2.04. The molecule has 0 aromatic carbocycles. The Balaban J connectivity index is 2.38. The second kappa shape index (κ2) is 8.32. The summed E-state index contributed by atoms with van der Waals surface area (Å²) in [5.41, 5.74) is 1.45. The van der Waals surface area contributed by atoms with Gasteiger partial charge in [0, 0.05) is 12.4 Å². The van der Waals surface area contributed by atoms with Crippen molar-refractivity contribution < 1.29 is 0 Å². The Hall–Kier alpha value is -0.850. The number of hydrogen-bond donors (Lipinski definition) is 0. The Bertz CT molecular complexity index is 255. The second-order valence-electron chi connectivity index (χ2n) is 4.71. The molecule has 1 heteroatoms. The first-order chi connectivity index (χ1) is 7.86. The molecule has 0 radical (unpaired) electrons. The molecule has 1 nitrogen and oxygen atoms in total. The molecule has 1 unspecified atom stereocenters. The number of pyridine rings is 1. The van der Waals surface area contributed by atoms with Gasteiger partial charge in [-0.15, -0.1) is 0 Å². The van der Waals surface area contributed by atoms with Crippen molar-refractivity contribution >= 4 is 0 Å². The summed E-state index contributed by atoms with van der Waals surface area (Å²) in [5.74, 6) is 0.874. The van der Waals surface area contributed by atoms with Crippen LogP contribution in [0.2, 0.25) is 0 Å². The molecule has 1 aromatic rings. The molecule has 16 heavy (non-hydrogen) atoms. The molecule has 90 valence electrons. The maximum absolute atomic E-state index is 4.07. The highest BCUT2D eigenvalue weighted by Crippen LogP contribution is 2.20. The lowest BCUT2D eigenvalue weighted by molar-refractivity contribution is 0.422. The quantitative estimate of drug-likeness (QED) is 0.581. The van der Waals surface area contributed by atoms with Crippen LogP contribution in [0.5, 0.6) is 0 Å². The summed E-state index contributed by atoms with van der Waals surface area (Å²) < 4.78 is 0. The van der Waals surface area contributed by atoms with Crippen molar-refractivity contribution in [2.45, 2.75) is 58.8 Å². The normalized spacial score (nSPS) is 12.6. The zero-order chi connectivity index (χ0) is 11.6. The Labute approximate surface area is 100 Å². The molecular formula is C15H25N. The Morgan fingerprint density at radius 2 is 1.75 bits per heavy atom. The van der Waals surface area contributed by atoms with Gasteiger partial charge in [0.1, 0.15) is 0 Å². The zero-order valence-corrected chi connectivity index (χ0v) is 10.8. The van der Waals surface area contributed by atoms with Gasteiger partial charge in [-0.3, -0.25) is 4.98 Å². The summed E-state index contributed by atoms with van der Waals surface area (Å²) in [5, 5.41) is 0. The van der Waals surface area contributed by atoms with E-state index >= 15 is 0 Å². The van der Waals surface area contributed by atoms with E-state index in [9.17, 15) is 0 Å². The van der Waals surface area contributed by atoms with Crippen molar-refractivity contribution in [1.82, 2.24) is 4.98 Å². The summed E-state index contributed by atoms with van der Waals surface area (Å²) in [7, 11) is 0. The van der Waals surface area contributed by atoms with Gasteiger partial charge in [-0.25, -0.2) is 0 Å². The predicted octanol–water partition coefficient (Wildman–Crippen LogP) is 4.62. The van der Waals surface area contributed by atoms with Crippen molar-refractivity contribution in [3.05, 3.63) is 30.1 Å². The third kappa shape index (κ3) is 5.29. The maximum atomic E-state index is 4.07. The number of hydrogen-bond acceptors (Lipinski definition) is 1. The van der Waals surface area contributed by atoms with Crippen molar-refractivity contribution in [1.29, 1.82) is 0 Å². The third-order valence-corrected chi connectivity index (χ3v) is 3.19. The van der Waals surface area contributed by atoms with Crippen LogP contribution in [0.15, 0.2) is 24.5 Å². The average molecular weight is 219 g/mol. The molecule has 1 rings (SSSR count). The molecule has 0 aliphatic carbocycles. The number of aromatic nitrogens is 1. The highest BCUT2D eigenvalue weighted by atomic mass is 14.6. The first-order valence-corrected chi connectivity index (χ1v) is 6.75. The standard InChI is InChI=1S/C15H25N/c1-3-5-6-8-14(7-4-2)13-15-9-11-16-12-10-15/h9-12,14H,3-8,13H2,1-2H3. The highest BCUT2D eigenvalue weighted by Gasteiger charge is 2.08. The van der Waals surface area contributed by atoms with Gasteiger partial charge in [0.25, 0.3) is 0 Å². The largest absolute Gasteiger partial charge is 0.265 e. The first kappa shape index (κ1) is 13.2. The zero-order valence-electron chi connectivity index (χ0n) is 10.8. The number of nitrogens with zero attached hydrogens (tertiary/aromatic N) is 1. The van der Waals surface area contributed by atoms with Gasteiger partial charge in [0.2, 0.25) is 0 Å². The van der Waals surface area contributed by atoms with Crippen LogP contribution in [0.4, 0.5) is 0 Å². The highest BCUT2D eigenvalue weighted by molar-refractivity contribution is 5.10. The van der Waals surface area contributed by atoms with E-state index in [0.717, 1.165) is 5.92 Å².